The van der Waals surface area contributed by atoms with Crippen molar-refractivity contribution in [2.75, 3.05) is 12.4 Å². The predicted molar refractivity (Wildman–Crippen MR) is 84.5 cm³/mol. The largest absolute Gasteiger partial charge is 0.497 e. The molecule has 1 amide bonds. The molecule has 0 saturated heterocycles. The number of hydrogen-bond acceptors (Lipinski definition) is 2. The maximum absolute atomic E-state index is 12.0. The number of anilines is 1. The Hall–Kier alpha value is -1.52. The van der Waals surface area contributed by atoms with E-state index in [0.29, 0.717) is 21.6 Å². The third-order valence-electron chi connectivity index (χ3n) is 2.75. The summed E-state index contributed by atoms with van der Waals surface area (Å²) in [4.78, 5) is 12.0. The number of carbonyl (C=O) groups is 1. The summed E-state index contributed by atoms with van der Waals surface area (Å²) in [6.07, 6.45) is 0.295. The van der Waals surface area contributed by atoms with Gasteiger partial charge in [-0.1, -0.05) is 29.8 Å². The summed E-state index contributed by atoms with van der Waals surface area (Å²) in [5, 5.41) is 3.39. The minimum atomic E-state index is -0.0990. The molecule has 3 nitrogen and oxygen atoms in total. The van der Waals surface area contributed by atoms with Crippen LogP contribution >= 0.6 is 27.5 Å². The molecule has 0 atom stereocenters. The third kappa shape index (κ3) is 3.74. The van der Waals surface area contributed by atoms with Crippen molar-refractivity contribution in [2.24, 2.45) is 0 Å². The summed E-state index contributed by atoms with van der Waals surface area (Å²) in [6.45, 7) is 0. The molecule has 20 heavy (non-hydrogen) atoms. The van der Waals surface area contributed by atoms with Crippen LogP contribution in [0.5, 0.6) is 5.75 Å². The fourth-order valence-corrected chi connectivity index (χ4v) is 2.26. The van der Waals surface area contributed by atoms with Gasteiger partial charge in [-0.25, -0.2) is 0 Å². The van der Waals surface area contributed by atoms with E-state index < -0.39 is 0 Å². The highest BCUT2D eigenvalue weighted by Crippen LogP contribution is 2.30. The number of carbonyl (C=O) groups excluding carboxylic acids is 1. The van der Waals surface area contributed by atoms with E-state index in [1.165, 1.54) is 0 Å². The zero-order chi connectivity index (χ0) is 14.5. The van der Waals surface area contributed by atoms with Gasteiger partial charge in [-0.05, 0) is 45.8 Å². The lowest BCUT2D eigenvalue weighted by molar-refractivity contribution is -0.115. The van der Waals surface area contributed by atoms with Crippen LogP contribution in [0.15, 0.2) is 46.9 Å². The second-order valence-electron chi connectivity index (χ2n) is 4.17. The van der Waals surface area contributed by atoms with Crippen LogP contribution in [0.3, 0.4) is 0 Å². The average molecular weight is 355 g/mol. The summed E-state index contributed by atoms with van der Waals surface area (Å²) >= 11 is 9.33. The minimum Gasteiger partial charge on any atom is -0.497 e. The Bertz CT molecular complexity index is 614. The van der Waals surface area contributed by atoms with E-state index in [-0.39, 0.29) is 5.91 Å². The van der Waals surface area contributed by atoms with Crippen molar-refractivity contribution in [3.05, 3.63) is 57.5 Å². The Morgan fingerprint density at radius 2 is 1.95 bits per heavy atom. The minimum absolute atomic E-state index is 0.0990. The SMILES string of the molecule is COc1ccc(CC(=O)Nc2cccc(Cl)c2Br)cc1. The van der Waals surface area contributed by atoms with Gasteiger partial charge in [0.1, 0.15) is 5.75 Å². The first kappa shape index (κ1) is 14.9. The van der Waals surface area contributed by atoms with Gasteiger partial charge in [0, 0.05) is 0 Å². The molecule has 0 heterocycles. The summed E-state index contributed by atoms with van der Waals surface area (Å²) in [5.41, 5.74) is 1.58. The first-order valence-corrected chi connectivity index (χ1v) is 7.14. The van der Waals surface area contributed by atoms with Crippen molar-refractivity contribution in [2.45, 2.75) is 6.42 Å². The van der Waals surface area contributed by atoms with Crippen LogP contribution in [-0.4, -0.2) is 13.0 Å². The van der Waals surface area contributed by atoms with Crippen LogP contribution in [-0.2, 0) is 11.2 Å². The van der Waals surface area contributed by atoms with E-state index in [0.717, 1.165) is 11.3 Å². The topological polar surface area (TPSA) is 38.3 Å². The van der Waals surface area contributed by atoms with E-state index in [1.54, 1.807) is 25.3 Å². The monoisotopic (exact) mass is 353 g/mol. The van der Waals surface area contributed by atoms with Crippen LogP contribution < -0.4 is 10.1 Å². The maximum atomic E-state index is 12.0. The number of amides is 1. The van der Waals surface area contributed by atoms with Gasteiger partial charge >= 0.3 is 0 Å². The van der Waals surface area contributed by atoms with Crippen LogP contribution in [0.1, 0.15) is 5.56 Å². The molecule has 0 fully saturated rings. The van der Waals surface area contributed by atoms with E-state index in [1.807, 2.05) is 24.3 Å². The molecule has 0 radical (unpaired) electrons. The van der Waals surface area contributed by atoms with Crippen molar-refractivity contribution in [3.63, 3.8) is 0 Å². The Morgan fingerprint density at radius 3 is 2.60 bits per heavy atom. The normalized spacial score (nSPS) is 10.2. The zero-order valence-corrected chi connectivity index (χ0v) is 13.2. The summed E-state index contributed by atoms with van der Waals surface area (Å²) in [7, 11) is 1.61. The van der Waals surface area contributed by atoms with E-state index >= 15 is 0 Å². The van der Waals surface area contributed by atoms with Gasteiger partial charge in [0.15, 0.2) is 0 Å². The number of halogens is 2. The Kier molecular flexibility index (Phi) is 5.04. The second-order valence-corrected chi connectivity index (χ2v) is 5.37. The maximum Gasteiger partial charge on any atom is 0.228 e. The molecule has 5 heteroatoms. The first-order chi connectivity index (χ1) is 9.60. The molecule has 0 bridgehead atoms. The Labute approximate surface area is 131 Å². The van der Waals surface area contributed by atoms with Gasteiger partial charge < -0.3 is 10.1 Å². The summed E-state index contributed by atoms with van der Waals surface area (Å²) in [6, 6.07) is 12.7. The van der Waals surface area contributed by atoms with Gasteiger partial charge in [0.25, 0.3) is 0 Å². The van der Waals surface area contributed by atoms with Crippen LogP contribution in [0.25, 0.3) is 0 Å². The molecule has 0 spiro atoms. The Morgan fingerprint density at radius 1 is 1.25 bits per heavy atom. The number of ether oxygens (including phenoxy) is 1. The average Bonchev–Trinajstić information content (AvgIpc) is 2.45. The lowest BCUT2D eigenvalue weighted by Crippen LogP contribution is -2.14. The number of rotatable bonds is 4. The molecule has 0 unspecified atom stereocenters. The standard InChI is InChI=1S/C15H13BrClNO2/c1-20-11-7-5-10(6-8-11)9-14(19)18-13-4-2-3-12(17)15(13)16/h2-8H,9H2,1H3,(H,18,19). The number of hydrogen-bond donors (Lipinski definition) is 1. The number of methoxy groups -OCH3 is 1. The highest BCUT2D eigenvalue weighted by Gasteiger charge is 2.08. The molecule has 2 aromatic rings. The van der Waals surface area contributed by atoms with Crippen LogP contribution in [0.4, 0.5) is 5.69 Å². The molecule has 2 aromatic carbocycles. The quantitative estimate of drug-likeness (QED) is 0.889. The Balaban J connectivity index is 2.03. The molecule has 0 aliphatic carbocycles. The van der Waals surface area contributed by atoms with Gasteiger partial charge in [0.05, 0.1) is 28.7 Å². The molecule has 104 valence electrons. The smallest absolute Gasteiger partial charge is 0.228 e. The molecule has 0 aliphatic heterocycles. The van der Waals surface area contributed by atoms with Crippen molar-refractivity contribution >= 4 is 39.1 Å². The lowest BCUT2D eigenvalue weighted by atomic mass is 10.1. The number of nitrogens with one attached hydrogen (secondary N) is 1. The fourth-order valence-electron chi connectivity index (χ4n) is 1.72. The van der Waals surface area contributed by atoms with Gasteiger partial charge in [-0.3, -0.25) is 4.79 Å². The van der Waals surface area contributed by atoms with Gasteiger partial charge in [0.2, 0.25) is 5.91 Å². The zero-order valence-electron chi connectivity index (χ0n) is 10.8. The molecule has 0 aliphatic rings. The predicted octanol–water partition coefficient (Wildman–Crippen LogP) is 4.29. The molecule has 2 rings (SSSR count). The van der Waals surface area contributed by atoms with Gasteiger partial charge in [-0.15, -0.1) is 0 Å². The lowest BCUT2D eigenvalue weighted by Gasteiger charge is -2.08. The van der Waals surface area contributed by atoms with Crippen LogP contribution in [0, 0.1) is 0 Å². The van der Waals surface area contributed by atoms with Crippen LogP contribution in [0.2, 0.25) is 5.02 Å². The van der Waals surface area contributed by atoms with E-state index in [2.05, 4.69) is 21.2 Å². The number of benzene rings is 2. The van der Waals surface area contributed by atoms with Crippen molar-refractivity contribution in [3.8, 4) is 5.75 Å². The van der Waals surface area contributed by atoms with E-state index in [9.17, 15) is 4.79 Å². The molecular formula is C15H13BrClNO2. The highest BCUT2D eigenvalue weighted by atomic mass is 79.9. The van der Waals surface area contributed by atoms with Crippen molar-refractivity contribution in [1.82, 2.24) is 0 Å². The fraction of sp³-hybridized carbons (Fsp3) is 0.133. The van der Waals surface area contributed by atoms with E-state index in [4.69, 9.17) is 16.3 Å². The van der Waals surface area contributed by atoms with Crippen molar-refractivity contribution in [1.29, 1.82) is 0 Å². The highest BCUT2D eigenvalue weighted by molar-refractivity contribution is 9.10. The summed E-state index contributed by atoms with van der Waals surface area (Å²) in [5.74, 6) is 0.671. The molecule has 0 saturated carbocycles. The van der Waals surface area contributed by atoms with Gasteiger partial charge in [-0.2, -0.15) is 0 Å². The third-order valence-corrected chi connectivity index (χ3v) is 4.15. The molecule has 1 N–H and O–H groups in total. The second kappa shape index (κ2) is 6.77. The summed E-state index contributed by atoms with van der Waals surface area (Å²) < 4.78 is 5.76. The first-order valence-electron chi connectivity index (χ1n) is 5.97. The van der Waals surface area contributed by atoms with Crippen molar-refractivity contribution < 1.29 is 9.53 Å². The molecular weight excluding hydrogens is 342 g/mol. The molecule has 0 aromatic heterocycles.